The van der Waals surface area contributed by atoms with E-state index in [1.165, 1.54) is 5.69 Å². The Kier molecular flexibility index (Phi) is 4.35. The Hall–Kier alpha value is -1.99. The molecule has 5 heteroatoms. The average molecular weight is 316 g/mol. The summed E-state index contributed by atoms with van der Waals surface area (Å²) in [4.78, 5) is 0. The summed E-state index contributed by atoms with van der Waals surface area (Å²) in [5, 5.41) is 13.8. The predicted molar refractivity (Wildman–Crippen MR) is 85.0 cm³/mol. The van der Waals surface area contributed by atoms with Crippen LogP contribution in [0.2, 0.25) is 5.02 Å². The Labute approximate surface area is 135 Å². The number of aryl methyl sites for hydroxylation is 1. The first-order chi connectivity index (χ1) is 10.7. The van der Waals surface area contributed by atoms with Crippen molar-refractivity contribution in [1.29, 1.82) is 5.26 Å². The molecular formula is C17H18ClN3O. The molecule has 0 atom stereocenters. The predicted octanol–water partition coefficient (Wildman–Crippen LogP) is 4.05. The summed E-state index contributed by atoms with van der Waals surface area (Å²) in [6, 6.07) is 9.41. The highest BCUT2D eigenvalue weighted by Gasteiger charge is 2.25. The van der Waals surface area contributed by atoms with Crippen LogP contribution in [0.25, 0.3) is 0 Å². The molecule has 2 aromatic rings. The molecule has 0 unspecified atom stereocenters. The monoisotopic (exact) mass is 315 g/mol. The quantitative estimate of drug-likeness (QED) is 0.858. The second-order valence-corrected chi connectivity index (χ2v) is 6.17. The molecule has 114 valence electrons. The highest BCUT2D eigenvalue weighted by molar-refractivity contribution is 6.31. The molecule has 0 amide bonds. The fourth-order valence-electron chi connectivity index (χ4n) is 2.98. The average Bonchev–Trinajstić information content (AvgIpc) is 2.95. The van der Waals surface area contributed by atoms with Crippen molar-refractivity contribution in [2.75, 3.05) is 0 Å². The molecule has 1 fully saturated rings. The number of aromatic nitrogens is 2. The van der Waals surface area contributed by atoms with Crippen molar-refractivity contribution in [3.63, 3.8) is 0 Å². The highest BCUT2D eigenvalue weighted by atomic mass is 35.5. The number of ether oxygens (including phenoxy) is 1. The summed E-state index contributed by atoms with van der Waals surface area (Å²) in [6.45, 7) is 0. The number of hydrogen-bond acceptors (Lipinski definition) is 3. The zero-order chi connectivity index (χ0) is 15.5. The van der Waals surface area contributed by atoms with E-state index >= 15 is 0 Å². The molecule has 0 saturated heterocycles. The van der Waals surface area contributed by atoms with E-state index in [4.69, 9.17) is 21.6 Å². The molecule has 22 heavy (non-hydrogen) atoms. The molecule has 0 spiro atoms. The van der Waals surface area contributed by atoms with Gasteiger partial charge in [-0.3, -0.25) is 4.68 Å². The van der Waals surface area contributed by atoms with Crippen LogP contribution in [0.4, 0.5) is 0 Å². The van der Waals surface area contributed by atoms with Crippen LogP contribution < -0.4 is 4.74 Å². The van der Waals surface area contributed by atoms with E-state index in [1.807, 2.05) is 24.0 Å². The van der Waals surface area contributed by atoms with Crippen molar-refractivity contribution in [2.45, 2.75) is 37.7 Å². The summed E-state index contributed by atoms with van der Waals surface area (Å²) in [7, 11) is 1.95. The third-order valence-electron chi connectivity index (χ3n) is 4.19. The van der Waals surface area contributed by atoms with E-state index in [1.54, 1.807) is 12.1 Å². The fourth-order valence-corrected chi connectivity index (χ4v) is 3.19. The minimum atomic E-state index is 0.212. The molecule has 1 aliphatic carbocycles. The number of rotatable bonds is 3. The molecule has 3 rings (SSSR count). The van der Waals surface area contributed by atoms with Crippen LogP contribution in [-0.4, -0.2) is 15.9 Å². The van der Waals surface area contributed by atoms with Crippen LogP contribution in [0.1, 0.15) is 42.9 Å². The van der Waals surface area contributed by atoms with Crippen LogP contribution in [0.3, 0.4) is 0 Å². The first-order valence-electron chi connectivity index (χ1n) is 7.51. The SMILES string of the molecule is Cn1ccc(C2CCC(Oc3ccc(C#N)c(Cl)c3)CC2)n1. The molecule has 0 bridgehead atoms. The highest BCUT2D eigenvalue weighted by Crippen LogP contribution is 2.34. The van der Waals surface area contributed by atoms with Crippen LogP contribution in [0, 0.1) is 11.3 Å². The Morgan fingerprint density at radius 2 is 2.05 bits per heavy atom. The lowest BCUT2D eigenvalue weighted by atomic mass is 9.85. The number of benzene rings is 1. The Morgan fingerprint density at radius 3 is 2.64 bits per heavy atom. The van der Waals surface area contributed by atoms with Gasteiger partial charge in [0.1, 0.15) is 11.8 Å². The van der Waals surface area contributed by atoms with Gasteiger partial charge in [0.2, 0.25) is 0 Å². The number of hydrogen-bond donors (Lipinski definition) is 0. The van der Waals surface area contributed by atoms with Crippen LogP contribution in [0.15, 0.2) is 30.5 Å². The molecule has 0 N–H and O–H groups in total. The van der Waals surface area contributed by atoms with Gasteiger partial charge in [-0.2, -0.15) is 10.4 Å². The molecule has 1 saturated carbocycles. The van der Waals surface area contributed by atoms with Crippen LogP contribution in [0.5, 0.6) is 5.75 Å². The van der Waals surface area contributed by atoms with Crippen molar-refractivity contribution in [2.24, 2.45) is 7.05 Å². The summed E-state index contributed by atoms with van der Waals surface area (Å²) in [5.41, 5.74) is 1.66. The molecular weight excluding hydrogens is 298 g/mol. The Balaban J connectivity index is 1.58. The molecule has 4 nitrogen and oxygen atoms in total. The van der Waals surface area contributed by atoms with Crippen molar-refractivity contribution in [3.05, 3.63) is 46.7 Å². The van der Waals surface area contributed by atoms with Crippen molar-refractivity contribution < 1.29 is 4.74 Å². The largest absolute Gasteiger partial charge is 0.490 e. The minimum Gasteiger partial charge on any atom is -0.490 e. The van der Waals surface area contributed by atoms with Crippen LogP contribution >= 0.6 is 11.6 Å². The minimum absolute atomic E-state index is 0.212. The maximum atomic E-state index is 8.89. The third-order valence-corrected chi connectivity index (χ3v) is 4.50. The van der Waals surface area contributed by atoms with E-state index in [0.717, 1.165) is 31.4 Å². The Bertz CT molecular complexity index is 696. The van der Waals surface area contributed by atoms with E-state index in [0.29, 0.717) is 16.5 Å². The molecule has 0 radical (unpaired) electrons. The lowest BCUT2D eigenvalue weighted by Gasteiger charge is -2.28. The molecule has 1 aliphatic rings. The maximum absolute atomic E-state index is 8.89. The number of halogens is 1. The Morgan fingerprint density at radius 1 is 1.27 bits per heavy atom. The maximum Gasteiger partial charge on any atom is 0.121 e. The second kappa shape index (κ2) is 6.41. The molecule has 1 aromatic carbocycles. The van der Waals surface area contributed by atoms with Crippen LogP contribution in [-0.2, 0) is 7.05 Å². The first kappa shape index (κ1) is 14.9. The standard InChI is InChI=1S/C17H18ClN3O/c1-21-9-8-17(20-21)12-2-5-14(6-3-12)22-15-7-4-13(11-19)16(18)10-15/h4,7-10,12,14H,2-3,5-6H2,1H3. The molecule has 1 heterocycles. The van der Waals surface area contributed by atoms with Gasteiger partial charge in [0.15, 0.2) is 0 Å². The van der Waals surface area contributed by atoms with Gasteiger partial charge in [0.05, 0.1) is 22.4 Å². The van der Waals surface area contributed by atoms with Crippen molar-refractivity contribution in [3.8, 4) is 11.8 Å². The van der Waals surface area contributed by atoms with Crippen molar-refractivity contribution >= 4 is 11.6 Å². The van der Waals surface area contributed by atoms with E-state index in [9.17, 15) is 0 Å². The van der Waals surface area contributed by atoms with Gasteiger partial charge in [0, 0.05) is 25.2 Å². The van der Waals surface area contributed by atoms with Gasteiger partial charge in [0.25, 0.3) is 0 Å². The smallest absolute Gasteiger partial charge is 0.121 e. The van der Waals surface area contributed by atoms with Gasteiger partial charge in [-0.1, -0.05) is 11.6 Å². The van der Waals surface area contributed by atoms with Gasteiger partial charge in [-0.05, 0) is 43.9 Å². The summed E-state index contributed by atoms with van der Waals surface area (Å²) >= 11 is 6.04. The summed E-state index contributed by atoms with van der Waals surface area (Å²) in [5.74, 6) is 1.27. The zero-order valence-corrected chi connectivity index (χ0v) is 13.3. The molecule has 0 aliphatic heterocycles. The summed E-state index contributed by atoms with van der Waals surface area (Å²) < 4.78 is 7.86. The van der Waals surface area contributed by atoms with Crippen molar-refractivity contribution in [1.82, 2.24) is 9.78 Å². The first-order valence-corrected chi connectivity index (χ1v) is 7.89. The topological polar surface area (TPSA) is 50.8 Å². The number of nitrogens with zero attached hydrogens (tertiary/aromatic N) is 3. The van der Waals surface area contributed by atoms with E-state index in [2.05, 4.69) is 17.2 Å². The molecule has 1 aromatic heterocycles. The van der Waals surface area contributed by atoms with E-state index in [-0.39, 0.29) is 6.10 Å². The van der Waals surface area contributed by atoms with Gasteiger partial charge >= 0.3 is 0 Å². The van der Waals surface area contributed by atoms with Gasteiger partial charge in [-0.25, -0.2) is 0 Å². The second-order valence-electron chi connectivity index (χ2n) is 5.76. The fraction of sp³-hybridized carbons (Fsp3) is 0.412. The van der Waals surface area contributed by atoms with Gasteiger partial charge < -0.3 is 4.74 Å². The summed E-state index contributed by atoms with van der Waals surface area (Å²) in [6.07, 6.45) is 6.41. The lowest BCUT2D eigenvalue weighted by molar-refractivity contribution is 0.145. The zero-order valence-electron chi connectivity index (χ0n) is 12.5. The lowest BCUT2D eigenvalue weighted by Crippen LogP contribution is -2.23. The number of nitriles is 1. The van der Waals surface area contributed by atoms with Gasteiger partial charge in [-0.15, -0.1) is 0 Å². The van der Waals surface area contributed by atoms with E-state index < -0.39 is 0 Å². The normalized spacial score (nSPS) is 21.3. The third kappa shape index (κ3) is 3.26.